The number of carbonyl (C=O) groups excluding carboxylic acids is 2. The predicted molar refractivity (Wildman–Crippen MR) is 176 cm³/mol. The van der Waals surface area contributed by atoms with Gasteiger partial charge in [-0.2, -0.15) is 0 Å². The number of allylic oxidation sites excluding steroid dienone is 14. The number of likely N-dealkylation sites (N-methyl/N-ethyl adjacent to an activating group) is 1. The van der Waals surface area contributed by atoms with Gasteiger partial charge in [0.2, 0.25) is 0 Å². The number of hydrogen-bond donors (Lipinski definition) is 1. The summed E-state index contributed by atoms with van der Waals surface area (Å²) in [5.74, 6) is -1.95. The van der Waals surface area contributed by atoms with Crippen LogP contribution in [0.3, 0.4) is 0 Å². The molecule has 0 fully saturated rings. The van der Waals surface area contributed by atoms with Crippen LogP contribution in [0, 0.1) is 0 Å². The molecule has 0 rings (SSSR count). The maximum Gasteiger partial charge on any atom is 0.305 e. The maximum absolute atomic E-state index is 11.9. The summed E-state index contributed by atoms with van der Waals surface area (Å²) in [7, 11) is 5.84. The minimum Gasteiger partial charge on any atom is -0.545 e. The zero-order valence-electron chi connectivity index (χ0n) is 27.5. The topological polar surface area (TPSA) is 105 Å². The Kier molecular flexibility index (Phi) is 26.7. The zero-order valence-corrected chi connectivity index (χ0v) is 27.5. The number of nitrogens with zero attached hydrogens (tertiary/aromatic N) is 1. The first-order valence-corrected chi connectivity index (χ1v) is 15.8. The lowest BCUT2D eigenvalue weighted by Gasteiger charge is -2.26. The van der Waals surface area contributed by atoms with Gasteiger partial charge in [0.15, 0.2) is 6.29 Å². The molecule has 0 saturated carbocycles. The van der Waals surface area contributed by atoms with Crippen LogP contribution < -0.4 is 5.11 Å². The van der Waals surface area contributed by atoms with Crippen LogP contribution in [0.4, 0.5) is 0 Å². The van der Waals surface area contributed by atoms with E-state index in [1.54, 1.807) is 0 Å². The Bertz CT molecular complexity index is 939. The number of esters is 1. The van der Waals surface area contributed by atoms with Gasteiger partial charge in [0.25, 0.3) is 0 Å². The van der Waals surface area contributed by atoms with Crippen molar-refractivity contribution in [3.63, 3.8) is 0 Å². The number of quaternary nitrogens is 1. The highest BCUT2D eigenvalue weighted by Gasteiger charge is 2.17. The van der Waals surface area contributed by atoms with Crippen molar-refractivity contribution in [3.8, 4) is 0 Å². The third-order valence-electron chi connectivity index (χ3n) is 5.89. The van der Waals surface area contributed by atoms with Crippen LogP contribution in [0.15, 0.2) is 85.1 Å². The molecule has 0 aromatic heterocycles. The second-order valence-electron chi connectivity index (χ2n) is 11.2. The Morgan fingerprint density at radius 2 is 1.16 bits per heavy atom. The minimum absolute atomic E-state index is 0.156. The third-order valence-corrected chi connectivity index (χ3v) is 5.89. The predicted octanol–water partition coefficient (Wildman–Crippen LogP) is 5.52. The number of unbranched alkanes of at least 4 members (excludes halogenated alkanes) is 1. The van der Waals surface area contributed by atoms with E-state index in [4.69, 9.17) is 14.2 Å². The quantitative estimate of drug-likeness (QED) is 0.0427. The molecule has 0 aliphatic heterocycles. The molecule has 248 valence electrons. The fourth-order valence-corrected chi connectivity index (χ4v) is 3.40. The van der Waals surface area contributed by atoms with Crippen LogP contribution in [-0.2, 0) is 23.8 Å². The van der Waals surface area contributed by atoms with E-state index in [-0.39, 0.29) is 26.2 Å². The zero-order chi connectivity index (χ0) is 32.7. The number of carboxylic acid groups (broad SMARTS) is 1. The SMILES string of the molecule is CC/C=C\C/C=C\C/C=C\C/C=C\C/C=C\C/C=C\C/C=C\CCCC(=O)OCC(O)COC(OCC[N+](C)(C)C)C(=O)[O-]. The molecule has 0 aliphatic rings. The highest BCUT2D eigenvalue weighted by Crippen LogP contribution is 2.03. The molecule has 0 aromatic rings. The molecule has 0 bridgehead atoms. The van der Waals surface area contributed by atoms with Crippen molar-refractivity contribution < 1.29 is 38.5 Å². The lowest BCUT2D eigenvalue weighted by molar-refractivity contribution is -0.870. The molecule has 44 heavy (non-hydrogen) atoms. The lowest BCUT2D eigenvalue weighted by atomic mass is 10.2. The standard InChI is InChI=1S/C36H57NO7/c1-5-6-7-8-9-10-11-12-13-14-15-16-17-18-19-20-21-22-23-24-25-26-27-28-34(39)43-31-33(38)32-44-36(35(40)41)42-30-29-37(2,3)4/h6-7,9-10,12-13,15-16,18-19,21-22,24-25,33,36,38H,5,8,11,14,17,20,23,26-32H2,1-4H3/b7-6-,10-9-,13-12-,16-15-,19-18-,22-21-,25-24-. The summed E-state index contributed by atoms with van der Waals surface area (Å²) >= 11 is 0. The number of aliphatic hydroxyl groups is 1. The number of hydrogen-bond acceptors (Lipinski definition) is 7. The van der Waals surface area contributed by atoms with Gasteiger partial charge >= 0.3 is 5.97 Å². The van der Waals surface area contributed by atoms with Crippen molar-refractivity contribution in [2.75, 3.05) is 47.5 Å². The summed E-state index contributed by atoms with van der Waals surface area (Å²) in [6.45, 7) is 2.24. The average molecular weight is 616 g/mol. The highest BCUT2D eigenvalue weighted by atomic mass is 16.7. The smallest absolute Gasteiger partial charge is 0.305 e. The van der Waals surface area contributed by atoms with Crippen LogP contribution in [0.25, 0.3) is 0 Å². The maximum atomic E-state index is 11.9. The van der Waals surface area contributed by atoms with Crippen molar-refractivity contribution in [1.29, 1.82) is 0 Å². The number of rotatable bonds is 27. The van der Waals surface area contributed by atoms with Crippen molar-refractivity contribution >= 4 is 11.9 Å². The van der Waals surface area contributed by atoms with E-state index in [1.807, 2.05) is 27.2 Å². The summed E-state index contributed by atoms with van der Waals surface area (Å²) in [6.07, 6.45) is 35.9. The van der Waals surface area contributed by atoms with E-state index in [0.717, 1.165) is 51.4 Å². The molecule has 0 amide bonds. The molecular weight excluding hydrogens is 558 g/mol. The van der Waals surface area contributed by atoms with Crippen molar-refractivity contribution in [1.82, 2.24) is 0 Å². The first-order chi connectivity index (χ1) is 21.2. The molecule has 0 spiro atoms. The van der Waals surface area contributed by atoms with E-state index < -0.39 is 24.3 Å². The molecule has 0 heterocycles. The summed E-state index contributed by atoms with van der Waals surface area (Å²) in [4.78, 5) is 23.0. The first kappa shape index (κ1) is 41.0. The molecule has 0 saturated heterocycles. The van der Waals surface area contributed by atoms with Crippen LogP contribution in [-0.4, -0.2) is 81.4 Å². The first-order valence-electron chi connectivity index (χ1n) is 15.8. The van der Waals surface area contributed by atoms with Gasteiger partial charge in [0.1, 0.15) is 19.3 Å². The van der Waals surface area contributed by atoms with Gasteiger partial charge in [-0.3, -0.25) is 4.79 Å². The Labute approximate surface area is 266 Å². The summed E-state index contributed by atoms with van der Waals surface area (Å²) in [5.41, 5.74) is 0. The van der Waals surface area contributed by atoms with E-state index in [2.05, 4.69) is 85.9 Å². The third kappa shape index (κ3) is 30.4. The molecule has 8 nitrogen and oxygen atoms in total. The van der Waals surface area contributed by atoms with Crippen LogP contribution in [0.1, 0.15) is 71.1 Å². The Hall–Kier alpha value is -3.04. The van der Waals surface area contributed by atoms with Crippen LogP contribution in [0.5, 0.6) is 0 Å². The Balaban J connectivity index is 3.81. The molecule has 0 radical (unpaired) electrons. The van der Waals surface area contributed by atoms with Gasteiger partial charge in [-0.25, -0.2) is 0 Å². The molecule has 0 aromatic carbocycles. The number of carbonyl (C=O) groups is 2. The lowest BCUT2D eigenvalue weighted by Crippen LogP contribution is -2.44. The fourth-order valence-electron chi connectivity index (χ4n) is 3.40. The molecular formula is C36H57NO7. The van der Waals surface area contributed by atoms with E-state index >= 15 is 0 Å². The summed E-state index contributed by atoms with van der Waals surface area (Å²) in [6, 6.07) is 0. The van der Waals surface area contributed by atoms with Gasteiger partial charge in [-0.1, -0.05) is 92.0 Å². The van der Waals surface area contributed by atoms with Crippen LogP contribution >= 0.6 is 0 Å². The van der Waals surface area contributed by atoms with Crippen LogP contribution in [0.2, 0.25) is 0 Å². The van der Waals surface area contributed by atoms with Gasteiger partial charge in [-0.05, 0) is 57.8 Å². The molecule has 8 heteroatoms. The number of aliphatic hydroxyl groups excluding tert-OH is 1. The minimum atomic E-state index is -1.59. The largest absolute Gasteiger partial charge is 0.545 e. The number of ether oxygens (including phenoxy) is 3. The van der Waals surface area contributed by atoms with Gasteiger partial charge in [0.05, 0.1) is 40.3 Å². The Morgan fingerprint density at radius 3 is 1.59 bits per heavy atom. The van der Waals surface area contributed by atoms with Gasteiger partial charge in [0, 0.05) is 6.42 Å². The van der Waals surface area contributed by atoms with Crippen molar-refractivity contribution in [3.05, 3.63) is 85.1 Å². The van der Waals surface area contributed by atoms with Gasteiger partial charge in [-0.15, -0.1) is 0 Å². The van der Waals surface area contributed by atoms with E-state index in [0.29, 0.717) is 17.4 Å². The second kappa shape index (κ2) is 28.7. The Morgan fingerprint density at radius 1 is 0.705 bits per heavy atom. The second-order valence-corrected chi connectivity index (χ2v) is 11.2. The molecule has 0 aliphatic carbocycles. The number of aliphatic carboxylic acids is 1. The van der Waals surface area contributed by atoms with E-state index in [9.17, 15) is 19.8 Å². The van der Waals surface area contributed by atoms with Crippen molar-refractivity contribution in [2.24, 2.45) is 0 Å². The highest BCUT2D eigenvalue weighted by molar-refractivity contribution is 5.69. The summed E-state index contributed by atoms with van der Waals surface area (Å²) < 4.78 is 15.9. The van der Waals surface area contributed by atoms with E-state index in [1.165, 1.54) is 0 Å². The van der Waals surface area contributed by atoms with Crippen molar-refractivity contribution in [2.45, 2.75) is 83.5 Å². The van der Waals surface area contributed by atoms with Gasteiger partial charge < -0.3 is 33.7 Å². The average Bonchev–Trinajstić information content (AvgIpc) is 2.97. The normalized spacial score (nSPS) is 14.5. The fraction of sp³-hybridized carbons (Fsp3) is 0.556. The molecule has 2 atom stereocenters. The number of carboxylic acids is 1. The monoisotopic (exact) mass is 615 g/mol. The summed E-state index contributed by atoms with van der Waals surface area (Å²) in [5, 5.41) is 21.1. The molecule has 1 N–H and O–H groups in total. The molecule has 2 unspecified atom stereocenters.